The van der Waals surface area contributed by atoms with Crippen LogP contribution in [0.2, 0.25) is 0 Å². The van der Waals surface area contributed by atoms with Crippen molar-refractivity contribution >= 4 is 17.7 Å². The molecule has 1 aromatic heterocycles. The Labute approximate surface area is 102 Å². The lowest BCUT2D eigenvalue weighted by Gasteiger charge is -1.99. The molecule has 0 radical (unpaired) electrons. The minimum Gasteiger partial charge on any atom is -0.476 e. The maximum Gasteiger partial charge on any atom is 0.358 e. The Morgan fingerprint density at radius 2 is 1.94 bits per heavy atom. The molecule has 88 valence electrons. The molecular weight excluding hydrogens is 238 g/mol. The van der Waals surface area contributed by atoms with Crippen molar-refractivity contribution in [3.63, 3.8) is 0 Å². The Hall–Kier alpha value is -1.82. The normalized spacial score (nSPS) is 10.5. The highest BCUT2D eigenvalue weighted by molar-refractivity contribution is 7.98. The van der Waals surface area contributed by atoms with Gasteiger partial charge in [0.1, 0.15) is 5.69 Å². The SMILES string of the molecule is CSc1ccc(-c2nn(C)nc2C(=O)O)cc1. The number of carbonyl (C=O) groups is 1. The van der Waals surface area contributed by atoms with Crippen LogP contribution >= 0.6 is 11.8 Å². The highest BCUT2D eigenvalue weighted by atomic mass is 32.2. The Balaban J connectivity index is 2.48. The third-order valence-corrected chi connectivity index (χ3v) is 3.02. The molecule has 0 atom stereocenters. The Morgan fingerprint density at radius 3 is 2.47 bits per heavy atom. The maximum atomic E-state index is 11.0. The van der Waals surface area contributed by atoms with E-state index in [0.717, 1.165) is 10.5 Å². The highest BCUT2D eigenvalue weighted by Gasteiger charge is 2.17. The van der Waals surface area contributed by atoms with Crippen molar-refractivity contribution in [2.24, 2.45) is 7.05 Å². The molecule has 0 saturated carbocycles. The van der Waals surface area contributed by atoms with Crippen LogP contribution < -0.4 is 0 Å². The largest absolute Gasteiger partial charge is 0.476 e. The quantitative estimate of drug-likeness (QED) is 0.841. The molecule has 5 nitrogen and oxygen atoms in total. The minimum atomic E-state index is -1.07. The number of carboxylic acids is 1. The second-order valence-electron chi connectivity index (χ2n) is 3.42. The summed E-state index contributed by atoms with van der Waals surface area (Å²) in [4.78, 5) is 13.4. The lowest BCUT2D eigenvalue weighted by Crippen LogP contribution is -2.00. The fourth-order valence-electron chi connectivity index (χ4n) is 1.49. The first-order chi connectivity index (χ1) is 8.11. The van der Waals surface area contributed by atoms with Crippen LogP contribution in [0.15, 0.2) is 29.2 Å². The molecule has 0 amide bonds. The Morgan fingerprint density at radius 1 is 1.29 bits per heavy atom. The second-order valence-corrected chi connectivity index (χ2v) is 4.30. The molecule has 17 heavy (non-hydrogen) atoms. The second kappa shape index (κ2) is 4.58. The molecule has 2 rings (SSSR count). The first kappa shape index (κ1) is 11.7. The van der Waals surface area contributed by atoms with Crippen LogP contribution in [-0.4, -0.2) is 32.3 Å². The van der Waals surface area contributed by atoms with Gasteiger partial charge in [-0.2, -0.15) is 9.90 Å². The molecule has 0 bridgehead atoms. The van der Waals surface area contributed by atoms with Crippen LogP contribution in [0.1, 0.15) is 10.5 Å². The number of hydrogen-bond acceptors (Lipinski definition) is 4. The van der Waals surface area contributed by atoms with Crippen molar-refractivity contribution in [2.45, 2.75) is 4.90 Å². The fraction of sp³-hybridized carbons (Fsp3) is 0.182. The molecule has 2 aromatic rings. The van der Waals surface area contributed by atoms with Gasteiger partial charge in [-0.05, 0) is 18.4 Å². The zero-order valence-electron chi connectivity index (χ0n) is 9.41. The fourth-order valence-corrected chi connectivity index (χ4v) is 1.90. The van der Waals surface area contributed by atoms with Crippen LogP contribution in [0.4, 0.5) is 0 Å². The molecule has 0 saturated heterocycles. The number of aromatic nitrogens is 3. The van der Waals surface area contributed by atoms with E-state index in [1.807, 2.05) is 30.5 Å². The summed E-state index contributed by atoms with van der Waals surface area (Å²) in [7, 11) is 1.60. The predicted molar refractivity (Wildman–Crippen MR) is 65.2 cm³/mol. The van der Waals surface area contributed by atoms with Crippen molar-refractivity contribution in [3.8, 4) is 11.3 Å². The van der Waals surface area contributed by atoms with E-state index in [2.05, 4.69) is 10.2 Å². The van der Waals surface area contributed by atoms with E-state index in [4.69, 9.17) is 5.11 Å². The van der Waals surface area contributed by atoms with Gasteiger partial charge in [0, 0.05) is 17.5 Å². The number of hydrogen-bond donors (Lipinski definition) is 1. The Kier molecular flexibility index (Phi) is 3.14. The topological polar surface area (TPSA) is 68.0 Å². The standard InChI is InChI=1S/C11H11N3O2S/c1-14-12-9(10(13-14)11(15)16)7-3-5-8(17-2)6-4-7/h3-6H,1-2H3,(H,15,16). The molecule has 0 fully saturated rings. The molecule has 1 heterocycles. The minimum absolute atomic E-state index is 0.0237. The van der Waals surface area contributed by atoms with Gasteiger partial charge in [0.05, 0.1) is 0 Å². The van der Waals surface area contributed by atoms with Crippen LogP contribution in [0.5, 0.6) is 0 Å². The monoisotopic (exact) mass is 249 g/mol. The number of aromatic carboxylic acids is 1. The molecule has 1 N–H and O–H groups in total. The summed E-state index contributed by atoms with van der Waals surface area (Å²) >= 11 is 1.63. The van der Waals surface area contributed by atoms with E-state index < -0.39 is 5.97 Å². The summed E-state index contributed by atoms with van der Waals surface area (Å²) in [6, 6.07) is 7.56. The zero-order valence-corrected chi connectivity index (χ0v) is 10.2. The van der Waals surface area contributed by atoms with Crippen LogP contribution in [-0.2, 0) is 7.05 Å². The summed E-state index contributed by atoms with van der Waals surface area (Å²) in [5, 5.41) is 16.9. The summed E-state index contributed by atoms with van der Waals surface area (Å²) in [5.74, 6) is -1.07. The lowest BCUT2D eigenvalue weighted by molar-refractivity contribution is 0.0690. The predicted octanol–water partition coefficient (Wildman–Crippen LogP) is 1.90. The van der Waals surface area contributed by atoms with E-state index in [1.54, 1.807) is 18.8 Å². The van der Waals surface area contributed by atoms with Crippen LogP contribution in [0.25, 0.3) is 11.3 Å². The summed E-state index contributed by atoms with van der Waals surface area (Å²) in [6.07, 6.45) is 1.99. The summed E-state index contributed by atoms with van der Waals surface area (Å²) < 4.78 is 0. The van der Waals surface area contributed by atoms with Gasteiger partial charge in [0.2, 0.25) is 0 Å². The van der Waals surface area contributed by atoms with E-state index in [0.29, 0.717) is 5.69 Å². The zero-order chi connectivity index (χ0) is 12.4. The molecule has 0 aliphatic heterocycles. The third kappa shape index (κ3) is 2.31. The molecule has 0 aliphatic rings. The van der Waals surface area contributed by atoms with Crippen molar-refractivity contribution in [3.05, 3.63) is 30.0 Å². The van der Waals surface area contributed by atoms with E-state index in [9.17, 15) is 4.79 Å². The number of benzene rings is 1. The molecule has 0 spiro atoms. The van der Waals surface area contributed by atoms with Gasteiger partial charge in [0.15, 0.2) is 5.69 Å². The lowest BCUT2D eigenvalue weighted by atomic mass is 10.1. The highest BCUT2D eigenvalue weighted by Crippen LogP contribution is 2.23. The maximum absolute atomic E-state index is 11.0. The summed E-state index contributed by atoms with van der Waals surface area (Å²) in [5.41, 5.74) is 1.13. The van der Waals surface area contributed by atoms with Gasteiger partial charge in [0.25, 0.3) is 0 Å². The van der Waals surface area contributed by atoms with E-state index >= 15 is 0 Å². The van der Waals surface area contributed by atoms with Gasteiger partial charge in [-0.3, -0.25) is 0 Å². The molecule has 1 aromatic carbocycles. The molecule has 0 aliphatic carbocycles. The third-order valence-electron chi connectivity index (χ3n) is 2.28. The van der Waals surface area contributed by atoms with Crippen LogP contribution in [0.3, 0.4) is 0 Å². The van der Waals surface area contributed by atoms with Gasteiger partial charge in [-0.25, -0.2) is 4.79 Å². The van der Waals surface area contributed by atoms with E-state index in [-0.39, 0.29) is 5.69 Å². The number of nitrogens with zero attached hydrogens (tertiary/aromatic N) is 3. The molecule has 6 heteroatoms. The van der Waals surface area contributed by atoms with Gasteiger partial charge in [-0.15, -0.1) is 16.9 Å². The first-order valence-electron chi connectivity index (χ1n) is 4.91. The molecular formula is C11H11N3O2S. The van der Waals surface area contributed by atoms with Gasteiger partial charge in [-0.1, -0.05) is 12.1 Å². The number of aryl methyl sites for hydroxylation is 1. The first-order valence-corrected chi connectivity index (χ1v) is 6.13. The van der Waals surface area contributed by atoms with Crippen molar-refractivity contribution < 1.29 is 9.90 Å². The van der Waals surface area contributed by atoms with Gasteiger partial charge >= 0.3 is 5.97 Å². The van der Waals surface area contributed by atoms with Crippen molar-refractivity contribution in [1.82, 2.24) is 15.0 Å². The molecule has 0 unspecified atom stereocenters. The smallest absolute Gasteiger partial charge is 0.358 e. The van der Waals surface area contributed by atoms with Gasteiger partial charge < -0.3 is 5.11 Å². The van der Waals surface area contributed by atoms with Crippen LogP contribution in [0, 0.1) is 0 Å². The average molecular weight is 249 g/mol. The van der Waals surface area contributed by atoms with Crippen molar-refractivity contribution in [2.75, 3.05) is 6.26 Å². The number of carboxylic acid groups (broad SMARTS) is 1. The number of thioether (sulfide) groups is 1. The Bertz CT molecular complexity index is 548. The van der Waals surface area contributed by atoms with E-state index in [1.165, 1.54) is 4.80 Å². The average Bonchev–Trinajstić information content (AvgIpc) is 2.72. The number of rotatable bonds is 3. The van der Waals surface area contributed by atoms with Crippen molar-refractivity contribution in [1.29, 1.82) is 0 Å². The summed E-state index contributed by atoms with van der Waals surface area (Å²) in [6.45, 7) is 0.